The lowest BCUT2D eigenvalue weighted by Crippen LogP contribution is -2.52. The molecule has 0 aromatic heterocycles. The smallest absolute Gasteiger partial charge is 0.194 e. The fourth-order valence-corrected chi connectivity index (χ4v) is 3.15. The molecule has 0 aliphatic carbocycles. The maximum absolute atomic E-state index is 13.8. The van der Waals surface area contributed by atoms with Crippen molar-refractivity contribution < 1.29 is 9.13 Å². The van der Waals surface area contributed by atoms with E-state index in [4.69, 9.17) is 4.74 Å². The number of piperazine rings is 1. The SMILES string of the molecule is CN=C(NCc1ccc(OC)c(F)c1)N1CCN(c2ccccc2)CC1. The minimum Gasteiger partial charge on any atom is -0.494 e. The van der Waals surface area contributed by atoms with E-state index < -0.39 is 0 Å². The molecule has 3 rings (SSSR count). The summed E-state index contributed by atoms with van der Waals surface area (Å²) in [5.74, 6) is 0.752. The Balaban J connectivity index is 1.54. The molecule has 0 spiro atoms. The second kappa shape index (κ2) is 8.56. The van der Waals surface area contributed by atoms with Gasteiger partial charge in [0.25, 0.3) is 0 Å². The largest absolute Gasteiger partial charge is 0.494 e. The molecule has 1 saturated heterocycles. The Morgan fingerprint density at radius 3 is 2.46 bits per heavy atom. The standard InChI is InChI=1S/C20H25FN4O/c1-22-20(23-15-16-8-9-19(26-2)18(21)14-16)25-12-10-24(11-13-25)17-6-4-3-5-7-17/h3-9,14H,10-13,15H2,1-2H3,(H,22,23). The highest BCUT2D eigenvalue weighted by molar-refractivity contribution is 5.80. The van der Waals surface area contributed by atoms with Crippen molar-refractivity contribution in [3.8, 4) is 5.75 Å². The Bertz CT molecular complexity index is 743. The van der Waals surface area contributed by atoms with Crippen molar-refractivity contribution in [1.29, 1.82) is 0 Å². The molecule has 1 aliphatic heterocycles. The van der Waals surface area contributed by atoms with Crippen LogP contribution in [-0.4, -0.2) is 51.2 Å². The van der Waals surface area contributed by atoms with E-state index in [1.54, 1.807) is 13.1 Å². The van der Waals surface area contributed by atoms with Gasteiger partial charge in [0.15, 0.2) is 17.5 Å². The third-order valence-corrected chi connectivity index (χ3v) is 4.58. The van der Waals surface area contributed by atoms with Crippen LogP contribution in [0, 0.1) is 5.82 Å². The second-order valence-electron chi connectivity index (χ2n) is 6.18. The zero-order valence-corrected chi connectivity index (χ0v) is 15.3. The van der Waals surface area contributed by atoms with E-state index in [2.05, 4.69) is 44.4 Å². The molecule has 2 aromatic carbocycles. The Hall–Kier alpha value is -2.76. The van der Waals surface area contributed by atoms with Crippen LogP contribution >= 0.6 is 0 Å². The number of nitrogens with zero attached hydrogens (tertiary/aromatic N) is 3. The van der Waals surface area contributed by atoms with Crippen molar-refractivity contribution in [2.24, 2.45) is 4.99 Å². The molecule has 0 saturated carbocycles. The van der Waals surface area contributed by atoms with E-state index in [0.29, 0.717) is 6.54 Å². The number of rotatable bonds is 4. The fourth-order valence-electron chi connectivity index (χ4n) is 3.15. The van der Waals surface area contributed by atoms with Gasteiger partial charge in [0.1, 0.15) is 0 Å². The van der Waals surface area contributed by atoms with Gasteiger partial charge in [-0.15, -0.1) is 0 Å². The van der Waals surface area contributed by atoms with Gasteiger partial charge in [0.05, 0.1) is 7.11 Å². The number of para-hydroxylation sites is 1. The first-order valence-corrected chi connectivity index (χ1v) is 8.79. The Morgan fingerprint density at radius 2 is 1.85 bits per heavy atom. The van der Waals surface area contributed by atoms with Crippen LogP contribution in [0.3, 0.4) is 0 Å². The maximum atomic E-state index is 13.8. The van der Waals surface area contributed by atoms with Crippen LogP contribution in [-0.2, 0) is 6.54 Å². The summed E-state index contributed by atoms with van der Waals surface area (Å²) in [6, 6.07) is 15.4. The topological polar surface area (TPSA) is 40.1 Å². The first kappa shape index (κ1) is 18.0. The zero-order valence-electron chi connectivity index (χ0n) is 15.3. The van der Waals surface area contributed by atoms with Crippen molar-refractivity contribution in [3.63, 3.8) is 0 Å². The molecule has 0 bridgehead atoms. The number of benzene rings is 2. The summed E-state index contributed by atoms with van der Waals surface area (Å²) in [6.07, 6.45) is 0. The predicted molar refractivity (Wildman–Crippen MR) is 103 cm³/mol. The predicted octanol–water partition coefficient (Wildman–Crippen LogP) is 2.73. The van der Waals surface area contributed by atoms with Crippen LogP contribution in [0.4, 0.5) is 10.1 Å². The summed E-state index contributed by atoms with van der Waals surface area (Å²) in [4.78, 5) is 8.99. The molecule has 0 amide bonds. The Kier molecular flexibility index (Phi) is 5.94. The van der Waals surface area contributed by atoms with E-state index in [1.165, 1.54) is 18.9 Å². The minimum absolute atomic E-state index is 0.259. The number of nitrogens with one attached hydrogen (secondary N) is 1. The van der Waals surface area contributed by atoms with Gasteiger partial charge in [0, 0.05) is 45.5 Å². The summed E-state index contributed by atoms with van der Waals surface area (Å²) in [5, 5.41) is 3.32. The molecule has 26 heavy (non-hydrogen) atoms. The highest BCUT2D eigenvalue weighted by atomic mass is 19.1. The number of hydrogen-bond acceptors (Lipinski definition) is 3. The molecule has 6 heteroatoms. The lowest BCUT2D eigenvalue weighted by atomic mass is 10.2. The maximum Gasteiger partial charge on any atom is 0.194 e. The van der Waals surface area contributed by atoms with Crippen molar-refractivity contribution in [1.82, 2.24) is 10.2 Å². The molecular weight excluding hydrogens is 331 g/mol. The number of aliphatic imine (C=N–C) groups is 1. The minimum atomic E-state index is -0.349. The number of hydrogen-bond donors (Lipinski definition) is 1. The first-order valence-electron chi connectivity index (χ1n) is 8.79. The van der Waals surface area contributed by atoms with Crippen LogP contribution in [0.25, 0.3) is 0 Å². The second-order valence-corrected chi connectivity index (χ2v) is 6.18. The van der Waals surface area contributed by atoms with Crippen molar-refractivity contribution in [2.75, 3.05) is 45.2 Å². The van der Waals surface area contributed by atoms with Crippen LogP contribution in [0.5, 0.6) is 5.75 Å². The molecule has 138 valence electrons. The third kappa shape index (κ3) is 4.25. The van der Waals surface area contributed by atoms with E-state index >= 15 is 0 Å². The molecule has 1 aliphatic rings. The average Bonchev–Trinajstić information content (AvgIpc) is 2.70. The lowest BCUT2D eigenvalue weighted by Gasteiger charge is -2.37. The molecule has 1 N–H and O–H groups in total. The van der Waals surface area contributed by atoms with Crippen molar-refractivity contribution in [2.45, 2.75) is 6.54 Å². The number of halogens is 1. The number of anilines is 1. The lowest BCUT2D eigenvalue weighted by molar-refractivity contribution is 0.372. The summed E-state index contributed by atoms with van der Waals surface area (Å²) < 4.78 is 18.8. The van der Waals surface area contributed by atoms with Crippen LogP contribution in [0.2, 0.25) is 0 Å². The molecular formula is C20H25FN4O. The third-order valence-electron chi connectivity index (χ3n) is 4.58. The van der Waals surface area contributed by atoms with Crippen molar-refractivity contribution >= 4 is 11.6 Å². The van der Waals surface area contributed by atoms with Gasteiger partial charge in [-0.3, -0.25) is 4.99 Å². The van der Waals surface area contributed by atoms with Crippen LogP contribution in [0.1, 0.15) is 5.56 Å². The quantitative estimate of drug-likeness (QED) is 0.676. The average molecular weight is 356 g/mol. The number of guanidine groups is 1. The first-order chi connectivity index (χ1) is 12.7. The van der Waals surface area contributed by atoms with Gasteiger partial charge >= 0.3 is 0 Å². The highest BCUT2D eigenvalue weighted by Crippen LogP contribution is 2.18. The Labute approximate surface area is 154 Å². The number of ether oxygens (including phenoxy) is 1. The summed E-state index contributed by atoms with van der Waals surface area (Å²) in [5.41, 5.74) is 2.11. The summed E-state index contributed by atoms with van der Waals surface area (Å²) in [7, 11) is 3.24. The van der Waals surface area contributed by atoms with E-state index in [-0.39, 0.29) is 11.6 Å². The van der Waals surface area contributed by atoms with Gasteiger partial charge in [-0.1, -0.05) is 24.3 Å². The molecule has 5 nitrogen and oxygen atoms in total. The fraction of sp³-hybridized carbons (Fsp3) is 0.350. The van der Waals surface area contributed by atoms with E-state index in [0.717, 1.165) is 37.7 Å². The highest BCUT2D eigenvalue weighted by Gasteiger charge is 2.19. The monoisotopic (exact) mass is 356 g/mol. The molecule has 0 unspecified atom stereocenters. The van der Waals surface area contributed by atoms with Crippen LogP contribution in [0.15, 0.2) is 53.5 Å². The van der Waals surface area contributed by atoms with Crippen molar-refractivity contribution in [3.05, 3.63) is 59.9 Å². The molecule has 1 fully saturated rings. The van der Waals surface area contributed by atoms with E-state index in [9.17, 15) is 4.39 Å². The molecule has 0 radical (unpaired) electrons. The Morgan fingerprint density at radius 1 is 1.12 bits per heavy atom. The number of methoxy groups -OCH3 is 1. The van der Waals surface area contributed by atoms with E-state index in [1.807, 2.05) is 12.1 Å². The molecule has 2 aromatic rings. The molecule has 0 atom stereocenters. The van der Waals surface area contributed by atoms with Gasteiger partial charge in [-0.25, -0.2) is 4.39 Å². The molecule has 1 heterocycles. The van der Waals surface area contributed by atoms with Gasteiger partial charge in [-0.05, 0) is 29.8 Å². The summed E-state index contributed by atoms with van der Waals surface area (Å²) >= 11 is 0. The van der Waals surface area contributed by atoms with Crippen LogP contribution < -0.4 is 15.0 Å². The zero-order chi connectivity index (χ0) is 18.4. The summed E-state index contributed by atoms with van der Waals surface area (Å²) in [6.45, 7) is 4.20. The normalized spacial score (nSPS) is 15.1. The van der Waals surface area contributed by atoms with Gasteiger partial charge in [0.2, 0.25) is 0 Å². The van der Waals surface area contributed by atoms with Gasteiger partial charge < -0.3 is 19.9 Å². The van der Waals surface area contributed by atoms with Gasteiger partial charge in [-0.2, -0.15) is 0 Å².